The van der Waals surface area contributed by atoms with Crippen LogP contribution in [-0.2, 0) is 11.3 Å². The van der Waals surface area contributed by atoms with Crippen molar-refractivity contribution in [3.05, 3.63) is 33.5 Å². The molecule has 0 amide bonds. The molecule has 104 valence electrons. The Hall–Kier alpha value is -1.99. The van der Waals surface area contributed by atoms with Crippen LogP contribution in [0.4, 0.5) is 0 Å². The normalized spacial score (nSPS) is 11.6. The molecule has 0 aliphatic rings. The lowest BCUT2D eigenvalue weighted by atomic mass is 10.1. The van der Waals surface area contributed by atoms with E-state index in [1.165, 1.54) is 11.3 Å². The Balaban J connectivity index is 2.53. The van der Waals surface area contributed by atoms with Crippen LogP contribution in [0.3, 0.4) is 0 Å². The summed E-state index contributed by atoms with van der Waals surface area (Å²) < 4.78 is 6.84. The van der Waals surface area contributed by atoms with Crippen molar-refractivity contribution < 1.29 is 4.74 Å². The summed E-state index contributed by atoms with van der Waals surface area (Å²) in [7, 11) is 1.64. The third-order valence-corrected chi connectivity index (χ3v) is 4.24. The van der Waals surface area contributed by atoms with E-state index in [2.05, 4.69) is 9.97 Å². The van der Waals surface area contributed by atoms with Gasteiger partial charge in [-0.15, -0.1) is 11.3 Å². The van der Waals surface area contributed by atoms with Crippen LogP contribution < -0.4 is 11.4 Å². The van der Waals surface area contributed by atoms with Crippen LogP contribution in [0.25, 0.3) is 20.4 Å². The van der Waals surface area contributed by atoms with Gasteiger partial charge in [0.15, 0.2) is 0 Å². The van der Waals surface area contributed by atoms with Gasteiger partial charge in [-0.1, -0.05) is 0 Å². The van der Waals surface area contributed by atoms with Gasteiger partial charge in [0.2, 0.25) is 0 Å². The second-order valence-corrected chi connectivity index (χ2v) is 5.65. The summed E-state index contributed by atoms with van der Waals surface area (Å²) in [5, 5.41) is 0.887. The van der Waals surface area contributed by atoms with Crippen LogP contribution in [0.5, 0.6) is 0 Å². The first-order valence-electron chi connectivity index (χ1n) is 6.09. The Morgan fingerprint density at radius 1 is 1.40 bits per heavy atom. The largest absolute Gasteiger partial charge is 0.380 e. The quantitative estimate of drug-likeness (QED) is 0.723. The zero-order valence-electron chi connectivity index (χ0n) is 11.4. The molecule has 0 fully saturated rings. The molecule has 7 heteroatoms. The van der Waals surface area contributed by atoms with Crippen LogP contribution in [0.1, 0.15) is 17.1 Å². The minimum atomic E-state index is -0.239. The molecule has 0 spiro atoms. The fraction of sp³-hybridized carbons (Fsp3) is 0.308. The fourth-order valence-corrected chi connectivity index (χ4v) is 3.43. The fourth-order valence-electron chi connectivity index (χ4n) is 2.29. The lowest BCUT2D eigenvalue weighted by molar-refractivity contribution is 0.186. The third-order valence-electron chi connectivity index (χ3n) is 3.18. The Bertz CT molecular complexity index is 882. The second kappa shape index (κ2) is 4.53. The van der Waals surface area contributed by atoms with E-state index in [9.17, 15) is 4.79 Å². The molecular formula is C13H14N4O2S. The minimum absolute atomic E-state index is 0.239. The summed E-state index contributed by atoms with van der Waals surface area (Å²) in [5.74, 6) is 6.18. The first-order valence-corrected chi connectivity index (χ1v) is 6.91. The van der Waals surface area contributed by atoms with Gasteiger partial charge in [-0.2, -0.15) is 0 Å². The van der Waals surface area contributed by atoms with Crippen molar-refractivity contribution in [2.24, 2.45) is 0 Å². The molecule has 0 radical (unpaired) electrons. The molecule has 0 saturated carbocycles. The minimum Gasteiger partial charge on any atom is -0.380 e. The number of ether oxygens (including phenoxy) is 1. The molecule has 3 rings (SSSR count). The smallest absolute Gasteiger partial charge is 0.289 e. The maximum atomic E-state index is 12.2. The predicted molar refractivity (Wildman–Crippen MR) is 79.5 cm³/mol. The number of nitrogen functional groups attached to an aromatic ring is 1. The van der Waals surface area contributed by atoms with E-state index in [0.29, 0.717) is 22.6 Å². The average molecular weight is 290 g/mol. The highest BCUT2D eigenvalue weighted by atomic mass is 32.1. The van der Waals surface area contributed by atoms with Crippen LogP contribution in [0, 0.1) is 13.8 Å². The van der Waals surface area contributed by atoms with Gasteiger partial charge in [0, 0.05) is 18.2 Å². The number of rotatable bonds is 2. The number of hydrogen-bond donors (Lipinski definition) is 1. The Kier molecular flexibility index (Phi) is 2.95. The first-order chi connectivity index (χ1) is 9.52. The average Bonchev–Trinajstić information content (AvgIpc) is 2.75. The predicted octanol–water partition coefficient (Wildman–Crippen LogP) is 1.48. The third kappa shape index (κ3) is 1.78. The number of fused-ring (bicyclic) bond motifs is 3. The summed E-state index contributed by atoms with van der Waals surface area (Å²) in [6, 6.07) is 1.96. The van der Waals surface area contributed by atoms with E-state index in [-0.39, 0.29) is 5.56 Å². The highest BCUT2D eigenvalue weighted by Gasteiger charge is 2.17. The van der Waals surface area contributed by atoms with Crippen LogP contribution in [0.15, 0.2) is 10.9 Å². The lowest BCUT2D eigenvalue weighted by Crippen LogP contribution is -2.29. The van der Waals surface area contributed by atoms with Crippen molar-refractivity contribution >= 4 is 31.8 Å². The van der Waals surface area contributed by atoms with Crippen molar-refractivity contribution in [1.82, 2.24) is 14.6 Å². The Labute approximate surface area is 118 Å². The second-order valence-electron chi connectivity index (χ2n) is 4.65. The van der Waals surface area contributed by atoms with Crippen LogP contribution in [0.2, 0.25) is 0 Å². The maximum absolute atomic E-state index is 12.2. The van der Waals surface area contributed by atoms with E-state index in [0.717, 1.165) is 26.2 Å². The number of nitrogens with zero attached hydrogens (tertiary/aromatic N) is 3. The number of hydrogen-bond acceptors (Lipinski definition) is 6. The monoisotopic (exact) mass is 290 g/mol. The molecular weight excluding hydrogens is 276 g/mol. The number of thiophene rings is 1. The molecule has 3 aromatic rings. The van der Waals surface area contributed by atoms with E-state index >= 15 is 0 Å². The van der Waals surface area contributed by atoms with Gasteiger partial charge in [-0.05, 0) is 25.5 Å². The lowest BCUT2D eigenvalue weighted by Gasteiger charge is -2.05. The molecule has 3 heterocycles. The molecule has 0 aliphatic carbocycles. The molecule has 20 heavy (non-hydrogen) atoms. The molecule has 0 atom stereocenters. The molecule has 0 saturated heterocycles. The zero-order valence-corrected chi connectivity index (χ0v) is 12.2. The molecule has 0 aliphatic heterocycles. The summed E-state index contributed by atoms with van der Waals surface area (Å²) >= 11 is 1.32. The summed E-state index contributed by atoms with van der Waals surface area (Å²) in [6.07, 6.45) is 0. The molecule has 0 aromatic carbocycles. The maximum Gasteiger partial charge on any atom is 0.289 e. The number of nitrogens with two attached hydrogens (primary N) is 1. The number of aryl methyl sites for hydroxylation is 2. The molecule has 0 bridgehead atoms. The van der Waals surface area contributed by atoms with E-state index in [4.69, 9.17) is 10.6 Å². The van der Waals surface area contributed by atoms with Gasteiger partial charge in [0.25, 0.3) is 5.56 Å². The first kappa shape index (κ1) is 13.0. The highest BCUT2D eigenvalue weighted by molar-refractivity contribution is 7.25. The van der Waals surface area contributed by atoms with E-state index in [1.54, 1.807) is 14.0 Å². The Morgan fingerprint density at radius 3 is 2.85 bits per heavy atom. The van der Waals surface area contributed by atoms with Gasteiger partial charge in [-0.25, -0.2) is 14.6 Å². The van der Waals surface area contributed by atoms with Gasteiger partial charge in [-0.3, -0.25) is 4.79 Å². The molecule has 3 aromatic heterocycles. The van der Waals surface area contributed by atoms with Gasteiger partial charge in [0.05, 0.1) is 12.1 Å². The van der Waals surface area contributed by atoms with Crippen molar-refractivity contribution in [1.29, 1.82) is 0 Å². The standard InChI is InChI=1S/C13H14N4O2S/c1-6-4-8(5-19-3)9-10-11(20-12(9)15-6)13(18)17(14)7(2)16-10/h4H,5,14H2,1-3H3. The SMILES string of the molecule is COCc1cc(C)nc2sc3c(=O)n(N)c(C)nc3c12. The number of aromatic nitrogens is 3. The van der Waals surface area contributed by atoms with Gasteiger partial charge < -0.3 is 10.6 Å². The van der Waals surface area contributed by atoms with Gasteiger partial charge >= 0.3 is 0 Å². The van der Waals surface area contributed by atoms with Crippen LogP contribution >= 0.6 is 11.3 Å². The van der Waals surface area contributed by atoms with Crippen molar-refractivity contribution in [3.63, 3.8) is 0 Å². The Morgan fingerprint density at radius 2 is 2.15 bits per heavy atom. The summed E-state index contributed by atoms with van der Waals surface area (Å²) in [6.45, 7) is 4.09. The molecule has 2 N–H and O–H groups in total. The summed E-state index contributed by atoms with van der Waals surface area (Å²) in [4.78, 5) is 22.0. The zero-order chi connectivity index (χ0) is 14.4. The number of pyridine rings is 1. The van der Waals surface area contributed by atoms with E-state index < -0.39 is 0 Å². The van der Waals surface area contributed by atoms with Crippen molar-refractivity contribution in [3.8, 4) is 0 Å². The molecule has 6 nitrogen and oxygen atoms in total. The van der Waals surface area contributed by atoms with E-state index in [1.807, 2.05) is 13.0 Å². The summed E-state index contributed by atoms with van der Waals surface area (Å²) in [5.41, 5.74) is 2.30. The molecule has 0 unspecified atom stereocenters. The van der Waals surface area contributed by atoms with Crippen molar-refractivity contribution in [2.75, 3.05) is 13.0 Å². The topological polar surface area (TPSA) is 83.0 Å². The van der Waals surface area contributed by atoms with Crippen molar-refractivity contribution in [2.45, 2.75) is 20.5 Å². The van der Waals surface area contributed by atoms with Crippen LogP contribution in [-0.4, -0.2) is 21.8 Å². The highest BCUT2D eigenvalue weighted by Crippen LogP contribution is 2.32. The van der Waals surface area contributed by atoms with Gasteiger partial charge in [0.1, 0.15) is 15.4 Å². The number of methoxy groups -OCH3 is 1.